The lowest BCUT2D eigenvalue weighted by Gasteiger charge is -2.31. The van der Waals surface area contributed by atoms with Gasteiger partial charge in [-0.15, -0.1) is 0 Å². The number of nitrogens with one attached hydrogen (secondary N) is 1. The summed E-state index contributed by atoms with van der Waals surface area (Å²) >= 11 is 3.44. The summed E-state index contributed by atoms with van der Waals surface area (Å²) in [6, 6.07) is 5.79. The molecule has 21 heavy (non-hydrogen) atoms. The van der Waals surface area contributed by atoms with Crippen molar-refractivity contribution in [1.82, 2.24) is 10.2 Å². The molecule has 0 aromatic heterocycles. The molecule has 0 radical (unpaired) electrons. The first-order valence-corrected chi connectivity index (χ1v) is 8.15. The average Bonchev–Trinajstić information content (AvgIpc) is 2.49. The van der Waals surface area contributed by atoms with Gasteiger partial charge in [-0.2, -0.15) is 0 Å². The van der Waals surface area contributed by atoms with Gasteiger partial charge in [-0.25, -0.2) is 0 Å². The highest BCUT2D eigenvalue weighted by molar-refractivity contribution is 9.10. The molecule has 1 saturated heterocycles. The first-order valence-electron chi connectivity index (χ1n) is 7.36. The molecule has 2 rings (SSSR count). The number of benzene rings is 1. The van der Waals surface area contributed by atoms with Crippen molar-refractivity contribution in [2.75, 3.05) is 19.6 Å². The molecule has 5 heteroatoms. The fraction of sp³-hybridized carbons (Fsp3) is 0.500. The number of aryl methyl sites for hydroxylation is 1. The monoisotopic (exact) mass is 352 g/mol. The Morgan fingerprint density at radius 2 is 2.00 bits per heavy atom. The number of hydrogen-bond acceptors (Lipinski definition) is 2. The predicted octanol–water partition coefficient (Wildman–Crippen LogP) is 2.75. The highest BCUT2D eigenvalue weighted by atomic mass is 79.9. The van der Waals surface area contributed by atoms with Gasteiger partial charge in [0.2, 0.25) is 5.91 Å². The average molecular weight is 353 g/mol. The van der Waals surface area contributed by atoms with Crippen molar-refractivity contribution in [2.45, 2.75) is 26.7 Å². The van der Waals surface area contributed by atoms with Crippen molar-refractivity contribution in [3.8, 4) is 0 Å². The van der Waals surface area contributed by atoms with Gasteiger partial charge in [0.1, 0.15) is 0 Å². The molecule has 1 aromatic rings. The summed E-state index contributed by atoms with van der Waals surface area (Å²) in [5, 5.41) is 2.86. The smallest absolute Gasteiger partial charge is 0.255 e. The van der Waals surface area contributed by atoms with Crippen LogP contribution in [0.15, 0.2) is 22.7 Å². The maximum Gasteiger partial charge on any atom is 0.255 e. The first kappa shape index (κ1) is 16.0. The van der Waals surface area contributed by atoms with Crippen LogP contribution >= 0.6 is 15.9 Å². The molecule has 2 amide bonds. The number of piperidine rings is 1. The second-order valence-electron chi connectivity index (χ2n) is 5.44. The molecule has 0 bridgehead atoms. The van der Waals surface area contributed by atoms with Crippen LogP contribution in [0.1, 0.15) is 35.7 Å². The summed E-state index contributed by atoms with van der Waals surface area (Å²) in [6.07, 6.45) is 1.47. The molecular formula is C16H21BrN2O2. The Morgan fingerprint density at radius 1 is 1.33 bits per heavy atom. The summed E-state index contributed by atoms with van der Waals surface area (Å²) in [5.74, 6) is 0.191. The second-order valence-corrected chi connectivity index (χ2v) is 6.30. The number of carbonyl (C=O) groups is 2. The van der Waals surface area contributed by atoms with Crippen LogP contribution in [0, 0.1) is 12.8 Å². The van der Waals surface area contributed by atoms with E-state index in [1.165, 1.54) is 0 Å². The summed E-state index contributed by atoms with van der Waals surface area (Å²) in [5.41, 5.74) is 1.77. The molecule has 0 aliphatic carbocycles. The van der Waals surface area contributed by atoms with Crippen molar-refractivity contribution in [3.63, 3.8) is 0 Å². The molecule has 1 aromatic carbocycles. The first-order chi connectivity index (χ1) is 10.0. The Hall–Kier alpha value is -1.36. The Bertz CT molecular complexity index is 537. The summed E-state index contributed by atoms with van der Waals surface area (Å²) in [6.45, 7) is 5.84. The van der Waals surface area contributed by atoms with Crippen LogP contribution in [0.2, 0.25) is 0 Å². The molecule has 4 nitrogen and oxygen atoms in total. The van der Waals surface area contributed by atoms with Crippen LogP contribution in [0.4, 0.5) is 0 Å². The van der Waals surface area contributed by atoms with Crippen molar-refractivity contribution >= 4 is 27.7 Å². The molecule has 1 fully saturated rings. The van der Waals surface area contributed by atoms with E-state index < -0.39 is 0 Å². The van der Waals surface area contributed by atoms with E-state index in [1.54, 1.807) is 0 Å². The number of carbonyl (C=O) groups excluding carboxylic acids is 2. The normalized spacial score (nSPS) is 15.9. The van der Waals surface area contributed by atoms with E-state index in [9.17, 15) is 9.59 Å². The lowest BCUT2D eigenvalue weighted by Crippen LogP contribution is -2.43. The van der Waals surface area contributed by atoms with Gasteiger partial charge in [-0.1, -0.05) is 11.6 Å². The van der Waals surface area contributed by atoms with Gasteiger partial charge in [0, 0.05) is 30.0 Å². The number of nitrogens with zero attached hydrogens (tertiary/aromatic N) is 1. The van der Waals surface area contributed by atoms with Gasteiger partial charge in [-0.05, 0) is 54.8 Å². The maximum absolute atomic E-state index is 12.6. The van der Waals surface area contributed by atoms with Crippen molar-refractivity contribution in [3.05, 3.63) is 33.8 Å². The van der Waals surface area contributed by atoms with Crippen molar-refractivity contribution in [2.24, 2.45) is 5.92 Å². The van der Waals surface area contributed by atoms with Crippen LogP contribution in [0.3, 0.4) is 0 Å². The van der Waals surface area contributed by atoms with Gasteiger partial charge in [0.15, 0.2) is 0 Å². The Labute approximate surface area is 134 Å². The van der Waals surface area contributed by atoms with Crippen LogP contribution < -0.4 is 5.32 Å². The second kappa shape index (κ2) is 7.07. The quantitative estimate of drug-likeness (QED) is 0.909. The summed E-state index contributed by atoms with van der Waals surface area (Å²) < 4.78 is 0.823. The molecule has 0 saturated carbocycles. The van der Waals surface area contributed by atoms with Gasteiger partial charge in [-0.3, -0.25) is 9.59 Å². The highest BCUT2D eigenvalue weighted by Crippen LogP contribution is 2.23. The third-order valence-corrected chi connectivity index (χ3v) is 4.55. The summed E-state index contributed by atoms with van der Waals surface area (Å²) in [4.78, 5) is 26.2. The van der Waals surface area contributed by atoms with Crippen LogP contribution in [0.25, 0.3) is 0 Å². The molecule has 0 atom stereocenters. The van der Waals surface area contributed by atoms with E-state index >= 15 is 0 Å². The summed E-state index contributed by atoms with van der Waals surface area (Å²) in [7, 11) is 0. The van der Waals surface area contributed by atoms with Crippen molar-refractivity contribution in [1.29, 1.82) is 0 Å². The van der Waals surface area contributed by atoms with Gasteiger partial charge >= 0.3 is 0 Å². The molecule has 0 spiro atoms. The van der Waals surface area contributed by atoms with Crippen LogP contribution in [-0.2, 0) is 4.79 Å². The highest BCUT2D eigenvalue weighted by Gasteiger charge is 2.28. The third kappa shape index (κ3) is 3.84. The van der Waals surface area contributed by atoms with E-state index in [1.807, 2.05) is 36.9 Å². The maximum atomic E-state index is 12.6. The molecular weight excluding hydrogens is 332 g/mol. The number of halogens is 1. The lowest BCUT2D eigenvalue weighted by molar-refractivity contribution is -0.126. The Kier molecular flexibility index (Phi) is 5.39. The molecule has 1 aliphatic rings. The Balaban J connectivity index is 2.00. The third-order valence-electron chi connectivity index (χ3n) is 3.86. The topological polar surface area (TPSA) is 49.4 Å². The lowest BCUT2D eigenvalue weighted by atomic mass is 9.95. The Morgan fingerprint density at radius 3 is 2.62 bits per heavy atom. The fourth-order valence-corrected chi connectivity index (χ4v) is 3.05. The molecule has 1 N–H and O–H groups in total. The zero-order valence-corrected chi connectivity index (χ0v) is 14.1. The number of likely N-dealkylation sites (tertiary alicyclic amines) is 1. The standard InChI is InChI=1S/C16H21BrN2O2/c1-3-18-15(20)12-6-8-19(9-7-12)16(21)13-10-11(2)4-5-14(13)17/h4-5,10,12H,3,6-9H2,1-2H3,(H,18,20). The van der Waals surface area contributed by atoms with E-state index in [2.05, 4.69) is 21.2 Å². The zero-order valence-electron chi connectivity index (χ0n) is 12.5. The number of hydrogen-bond donors (Lipinski definition) is 1. The minimum absolute atomic E-state index is 0.0370. The van der Waals surface area contributed by atoms with Gasteiger partial charge in [0.05, 0.1) is 5.56 Å². The molecule has 1 aliphatic heterocycles. The van der Waals surface area contributed by atoms with Crippen LogP contribution in [-0.4, -0.2) is 36.3 Å². The fourth-order valence-electron chi connectivity index (χ4n) is 2.64. The van der Waals surface area contributed by atoms with Gasteiger partial charge in [0.25, 0.3) is 5.91 Å². The SMILES string of the molecule is CCNC(=O)C1CCN(C(=O)c2cc(C)ccc2Br)CC1. The van der Waals surface area contributed by atoms with E-state index in [-0.39, 0.29) is 17.7 Å². The van der Waals surface area contributed by atoms with Crippen molar-refractivity contribution < 1.29 is 9.59 Å². The zero-order chi connectivity index (χ0) is 15.4. The minimum atomic E-state index is 0.0370. The minimum Gasteiger partial charge on any atom is -0.356 e. The molecule has 114 valence electrons. The van der Waals surface area contributed by atoms with Gasteiger partial charge < -0.3 is 10.2 Å². The number of amides is 2. The van der Waals surface area contributed by atoms with Crippen LogP contribution in [0.5, 0.6) is 0 Å². The predicted molar refractivity (Wildman–Crippen MR) is 86.2 cm³/mol. The van der Waals surface area contributed by atoms with E-state index in [4.69, 9.17) is 0 Å². The molecule has 0 unspecified atom stereocenters. The number of rotatable bonds is 3. The van der Waals surface area contributed by atoms with E-state index in [0.717, 1.165) is 22.9 Å². The molecule has 1 heterocycles. The largest absolute Gasteiger partial charge is 0.356 e. The van der Waals surface area contributed by atoms with E-state index in [0.29, 0.717) is 25.2 Å².